The van der Waals surface area contributed by atoms with Crippen LogP contribution in [0.5, 0.6) is 11.5 Å². The van der Waals surface area contributed by atoms with Crippen molar-refractivity contribution >= 4 is 18.0 Å². The number of benzene rings is 1. The fourth-order valence-electron chi connectivity index (χ4n) is 1.20. The topological polar surface area (TPSA) is 72.8 Å². The smallest absolute Gasteiger partial charge is 0.328 e. The number of hydrogen-bond donors (Lipinski definition) is 1. The number of esters is 1. The molecule has 0 bridgehead atoms. The molecule has 90 valence electrons. The molecule has 0 aliphatic carbocycles. The Morgan fingerprint density at radius 1 is 1.29 bits per heavy atom. The molecule has 0 unspecified atom stereocenters. The summed E-state index contributed by atoms with van der Waals surface area (Å²) in [5, 5.41) is 8.49. The monoisotopic (exact) mass is 236 g/mol. The standard InChI is InChI=1S/C12H12O5/c1-8(13)17-11-7-9(4-6-12(14)15)3-5-10(11)16-2/h3-7H,1-2H3,(H,14,15). The first kappa shape index (κ1) is 12.8. The van der Waals surface area contributed by atoms with Crippen LogP contribution in [0.25, 0.3) is 6.08 Å². The van der Waals surface area contributed by atoms with Crippen molar-refractivity contribution in [2.75, 3.05) is 7.11 Å². The Hall–Kier alpha value is -2.30. The summed E-state index contributed by atoms with van der Waals surface area (Å²) in [6.07, 6.45) is 2.40. The first-order valence-electron chi connectivity index (χ1n) is 4.80. The highest BCUT2D eigenvalue weighted by Gasteiger charge is 2.07. The van der Waals surface area contributed by atoms with Crippen molar-refractivity contribution in [1.29, 1.82) is 0 Å². The van der Waals surface area contributed by atoms with E-state index < -0.39 is 11.9 Å². The molecule has 0 spiro atoms. The highest BCUT2D eigenvalue weighted by atomic mass is 16.6. The van der Waals surface area contributed by atoms with Gasteiger partial charge in [0, 0.05) is 13.0 Å². The second kappa shape index (κ2) is 5.69. The van der Waals surface area contributed by atoms with Gasteiger partial charge in [-0.1, -0.05) is 6.07 Å². The molecule has 1 aromatic rings. The Morgan fingerprint density at radius 3 is 2.53 bits per heavy atom. The summed E-state index contributed by atoms with van der Waals surface area (Å²) in [7, 11) is 1.45. The predicted molar refractivity (Wildman–Crippen MR) is 61.0 cm³/mol. The van der Waals surface area contributed by atoms with E-state index in [2.05, 4.69) is 0 Å². The van der Waals surface area contributed by atoms with E-state index in [0.29, 0.717) is 11.3 Å². The van der Waals surface area contributed by atoms with E-state index in [0.717, 1.165) is 6.08 Å². The molecule has 17 heavy (non-hydrogen) atoms. The number of carbonyl (C=O) groups is 2. The molecule has 5 nitrogen and oxygen atoms in total. The normalized spacial score (nSPS) is 10.2. The zero-order chi connectivity index (χ0) is 12.8. The zero-order valence-electron chi connectivity index (χ0n) is 9.47. The lowest BCUT2D eigenvalue weighted by Crippen LogP contribution is -2.03. The van der Waals surface area contributed by atoms with Gasteiger partial charge in [-0.25, -0.2) is 4.79 Å². The lowest BCUT2D eigenvalue weighted by atomic mass is 10.2. The van der Waals surface area contributed by atoms with Gasteiger partial charge < -0.3 is 14.6 Å². The van der Waals surface area contributed by atoms with Crippen LogP contribution in [0.3, 0.4) is 0 Å². The van der Waals surface area contributed by atoms with E-state index in [1.54, 1.807) is 12.1 Å². The highest BCUT2D eigenvalue weighted by molar-refractivity contribution is 5.85. The number of rotatable bonds is 4. The number of carboxylic acid groups (broad SMARTS) is 1. The molecule has 0 heterocycles. The van der Waals surface area contributed by atoms with Gasteiger partial charge in [0.05, 0.1) is 7.11 Å². The summed E-state index contributed by atoms with van der Waals surface area (Å²) < 4.78 is 9.95. The van der Waals surface area contributed by atoms with Gasteiger partial charge >= 0.3 is 11.9 Å². The molecule has 0 radical (unpaired) electrons. The Morgan fingerprint density at radius 2 is 2.00 bits per heavy atom. The first-order chi connectivity index (χ1) is 8.02. The molecular weight excluding hydrogens is 224 g/mol. The first-order valence-corrected chi connectivity index (χ1v) is 4.80. The number of ether oxygens (including phenoxy) is 2. The van der Waals surface area contributed by atoms with Crippen LogP contribution in [0.1, 0.15) is 12.5 Å². The molecule has 0 aliphatic heterocycles. The summed E-state index contributed by atoms with van der Waals surface area (Å²) in [6, 6.07) is 4.78. The van der Waals surface area contributed by atoms with Crippen LogP contribution in [0.2, 0.25) is 0 Å². The lowest BCUT2D eigenvalue weighted by Gasteiger charge is -2.08. The zero-order valence-corrected chi connectivity index (χ0v) is 9.47. The minimum Gasteiger partial charge on any atom is -0.493 e. The van der Waals surface area contributed by atoms with E-state index in [-0.39, 0.29) is 5.75 Å². The summed E-state index contributed by atoms with van der Waals surface area (Å²) in [5.41, 5.74) is 0.601. The van der Waals surface area contributed by atoms with Crippen LogP contribution in [0, 0.1) is 0 Å². The van der Waals surface area contributed by atoms with Gasteiger partial charge in [0.2, 0.25) is 0 Å². The molecule has 0 fully saturated rings. The maximum atomic E-state index is 10.9. The van der Waals surface area contributed by atoms with Gasteiger partial charge in [-0.3, -0.25) is 4.79 Å². The molecule has 1 aromatic carbocycles. The highest BCUT2D eigenvalue weighted by Crippen LogP contribution is 2.28. The molecule has 0 aromatic heterocycles. The minimum absolute atomic E-state index is 0.257. The third-order valence-corrected chi connectivity index (χ3v) is 1.86. The van der Waals surface area contributed by atoms with Crippen LogP contribution in [-0.4, -0.2) is 24.2 Å². The van der Waals surface area contributed by atoms with Crippen LogP contribution in [-0.2, 0) is 9.59 Å². The average molecular weight is 236 g/mol. The van der Waals surface area contributed by atoms with E-state index >= 15 is 0 Å². The van der Waals surface area contributed by atoms with Crippen molar-refractivity contribution in [2.24, 2.45) is 0 Å². The molecular formula is C12H12O5. The largest absolute Gasteiger partial charge is 0.493 e. The second-order valence-corrected chi connectivity index (χ2v) is 3.18. The third-order valence-electron chi connectivity index (χ3n) is 1.86. The SMILES string of the molecule is COc1ccc(C=CC(=O)O)cc1OC(C)=O. The molecule has 0 saturated carbocycles. The summed E-state index contributed by atoms with van der Waals surface area (Å²) in [5.74, 6) is -0.849. The Labute approximate surface area is 98.3 Å². The van der Waals surface area contributed by atoms with Crippen molar-refractivity contribution < 1.29 is 24.2 Å². The summed E-state index contributed by atoms with van der Waals surface area (Å²) in [4.78, 5) is 21.2. The molecule has 0 saturated heterocycles. The van der Waals surface area contributed by atoms with E-state index in [9.17, 15) is 9.59 Å². The van der Waals surface area contributed by atoms with Gasteiger partial charge in [-0.05, 0) is 23.8 Å². The molecule has 1 rings (SSSR count). The van der Waals surface area contributed by atoms with Crippen molar-refractivity contribution in [2.45, 2.75) is 6.92 Å². The second-order valence-electron chi connectivity index (χ2n) is 3.18. The number of hydrogen-bond acceptors (Lipinski definition) is 4. The summed E-state index contributed by atoms with van der Waals surface area (Å²) in [6.45, 7) is 1.28. The maximum absolute atomic E-state index is 10.9. The van der Waals surface area contributed by atoms with E-state index in [4.69, 9.17) is 14.6 Å². The minimum atomic E-state index is -1.05. The van der Waals surface area contributed by atoms with Crippen molar-refractivity contribution in [3.05, 3.63) is 29.8 Å². The average Bonchev–Trinajstić information content (AvgIpc) is 2.25. The Kier molecular flexibility index (Phi) is 4.28. The van der Waals surface area contributed by atoms with Crippen molar-refractivity contribution in [3.63, 3.8) is 0 Å². The van der Waals surface area contributed by atoms with Crippen LogP contribution in [0.15, 0.2) is 24.3 Å². The number of methoxy groups -OCH3 is 1. The Balaban J connectivity index is 3.03. The van der Waals surface area contributed by atoms with Gasteiger partial charge in [0.1, 0.15) is 0 Å². The number of carbonyl (C=O) groups excluding carboxylic acids is 1. The van der Waals surface area contributed by atoms with Crippen LogP contribution in [0.4, 0.5) is 0 Å². The predicted octanol–water partition coefficient (Wildman–Crippen LogP) is 1.72. The molecule has 5 heteroatoms. The quantitative estimate of drug-likeness (QED) is 0.489. The van der Waals surface area contributed by atoms with E-state index in [1.165, 1.54) is 26.2 Å². The van der Waals surface area contributed by atoms with Crippen molar-refractivity contribution in [1.82, 2.24) is 0 Å². The summed E-state index contributed by atoms with van der Waals surface area (Å²) >= 11 is 0. The molecule has 0 amide bonds. The van der Waals surface area contributed by atoms with Crippen molar-refractivity contribution in [3.8, 4) is 11.5 Å². The Bertz CT molecular complexity index is 462. The van der Waals surface area contributed by atoms with Gasteiger partial charge in [0.15, 0.2) is 11.5 Å². The molecule has 0 aliphatic rings. The van der Waals surface area contributed by atoms with Crippen LogP contribution >= 0.6 is 0 Å². The molecule has 1 N–H and O–H groups in total. The molecule has 0 atom stereocenters. The maximum Gasteiger partial charge on any atom is 0.328 e. The van der Waals surface area contributed by atoms with Crippen LogP contribution < -0.4 is 9.47 Å². The number of aliphatic carboxylic acids is 1. The fraction of sp³-hybridized carbons (Fsp3) is 0.167. The van der Waals surface area contributed by atoms with Gasteiger partial charge in [0.25, 0.3) is 0 Å². The number of carboxylic acids is 1. The van der Waals surface area contributed by atoms with E-state index in [1.807, 2.05) is 0 Å². The van der Waals surface area contributed by atoms with Gasteiger partial charge in [-0.15, -0.1) is 0 Å². The third kappa shape index (κ3) is 3.98. The van der Waals surface area contributed by atoms with Gasteiger partial charge in [-0.2, -0.15) is 0 Å². The fourth-order valence-corrected chi connectivity index (χ4v) is 1.20. The lowest BCUT2D eigenvalue weighted by molar-refractivity contribution is -0.132.